The lowest BCUT2D eigenvalue weighted by Gasteiger charge is -2.14. The van der Waals surface area contributed by atoms with Gasteiger partial charge in [-0.05, 0) is 18.6 Å². The van der Waals surface area contributed by atoms with Gasteiger partial charge in [-0.1, -0.05) is 24.6 Å². The Kier molecular flexibility index (Phi) is 4.71. The summed E-state index contributed by atoms with van der Waals surface area (Å²) in [5.74, 6) is -1.31. The van der Waals surface area contributed by atoms with Gasteiger partial charge in [-0.2, -0.15) is 0 Å². The van der Waals surface area contributed by atoms with Gasteiger partial charge in [-0.3, -0.25) is 4.79 Å². The lowest BCUT2D eigenvalue weighted by molar-refractivity contribution is 0.0911. The number of hydrogen-bond acceptors (Lipinski definition) is 2. The molecule has 1 rings (SSSR count). The molecule has 0 saturated carbocycles. The molecule has 0 heterocycles. The Morgan fingerprint density at radius 3 is 2.88 bits per heavy atom. The van der Waals surface area contributed by atoms with Gasteiger partial charge in [0.2, 0.25) is 0 Å². The van der Waals surface area contributed by atoms with Crippen molar-refractivity contribution in [3.63, 3.8) is 0 Å². The van der Waals surface area contributed by atoms with Crippen LogP contribution in [0.4, 0.5) is 4.39 Å². The third-order valence-corrected chi connectivity index (χ3v) is 2.54. The minimum atomic E-state index is -0.741. The fourth-order valence-electron chi connectivity index (χ4n) is 1.22. The van der Waals surface area contributed by atoms with E-state index in [1.54, 1.807) is 0 Å². The maximum Gasteiger partial charge on any atom is 0.254 e. The van der Waals surface area contributed by atoms with Crippen molar-refractivity contribution in [3.8, 4) is 0 Å². The molecule has 0 aliphatic heterocycles. The molecule has 1 aromatic carbocycles. The van der Waals surface area contributed by atoms with Crippen molar-refractivity contribution in [2.24, 2.45) is 0 Å². The number of nitrogens with one attached hydrogen (secondary N) is 1. The Morgan fingerprint density at radius 2 is 2.31 bits per heavy atom. The number of carbonyl (C=O) groups excluding carboxylic acids is 1. The maximum atomic E-state index is 13.5. The van der Waals surface area contributed by atoms with Gasteiger partial charge in [-0.25, -0.2) is 4.39 Å². The molecule has 0 aliphatic rings. The monoisotopic (exact) mass is 245 g/mol. The van der Waals surface area contributed by atoms with Crippen molar-refractivity contribution in [1.29, 1.82) is 0 Å². The molecule has 0 bridgehead atoms. The number of rotatable bonds is 4. The van der Waals surface area contributed by atoms with Crippen LogP contribution in [0.1, 0.15) is 23.7 Å². The summed E-state index contributed by atoms with van der Waals surface area (Å²) in [6.45, 7) is 1.64. The van der Waals surface area contributed by atoms with Gasteiger partial charge in [0.15, 0.2) is 5.82 Å². The molecule has 0 aromatic heterocycles. The number of halogens is 2. The van der Waals surface area contributed by atoms with E-state index in [0.29, 0.717) is 6.42 Å². The molecule has 1 amide bonds. The summed E-state index contributed by atoms with van der Waals surface area (Å²) in [6, 6.07) is 3.85. The average Bonchev–Trinajstić information content (AvgIpc) is 2.29. The van der Waals surface area contributed by atoms with Crippen LogP contribution in [0.2, 0.25) is 5.02 Å². The van der Waals surface area contributed by atoms with E-state index in [-0.39, 0.29) is 23.2 Å². The van der Waals surface area contributed by atoms with Gasteiger partial charge in [-0.15, -0.1) is 0 Å². The van der Waals surface area contributed by atoms with Gasteiger partial charge in [0.1, 0.15) is 0 Å². The first kappa shape index (κ1) is 12.9. The zero-order valence-electron chi connectivity index (χ0n) is 8.84. The van der Waals surface area contributed by atoms with Crippen LogP contribution >= 0.6 is 11.6 Å². The second-order valence-corrected chi connectivity index (χ2v) is 3.77. The molecule has 0 radical (unpaired) electrons. The number of hydrogen-bond donors (Lipinski definition) is 2. The first-order valence-corrected chi connectivity index (χ1v) is 5.33. The third-order valence-electron chi connectivity index (χ3n) is 2.24. The van der Waals surface area contributed by atoms with Crippen molar-refractivity contribution in [3.05, 3.63) is 34.6 Å². The van der Waals surface area contributed by atoms with Crippen molar-refractivity contribution in [2.45, 2.75) is 19.4 Å². The summed E-state index contributed by atoms with van der Waals surface area (Å²) >= 11 is 5.56. The first-order valence-electron chi connectivity index (χ1n) is 4.95. The molecule has 0 saturated heterocycles. The van der Waals surface area contributed by atoms with Crippen LogP contribution < -0.4 is 5.32 Å². The summed E-state index contributed by atoms with van der Waals surface area (Å²) in [6.07, 6.45) is 0.574. The van der Waals surface area contributed by atoms with Gasteiger partial charge in [0.25, 0.3) is 5.91 Å². The number of benzene rings is 1. The van der Waals surface area contributed by atoms with Crippen LogP contribution in [0.5, 0.6) is 0 Å². The zero-order valence-corrected chi connectivity index (χ0v) is 9.59. The molecule has 88 valence electrons. The van der Waals surface area contributed by atoms with Crippen molar-refractivity contribution in [1.82, 2.24) is 5.32 Å². The van der Waals surface area contributed by atoms with Crippen molar-refractivity contribution >= 4 is 17.5 Å². The molecular formula is C11H13ClFNO2. The molecule has 1 aromatic rings. The van der Waals surface area contributed by atoms with E-state index < -0.39 is 11.7 Å². The summed E-state index contributed by atoms with van der Waals surface area (Å²) in [5.41, 5.74) is -0.112. The van der Waals surface area contributed by atoms with Crippen LogP contribution in [-0.4, -0.2) is 23.7 Å². The second kappa shape index (κ2) is 5.82. The van der Waals surface area contributed by atoms with E-state index >= 15 is 0 Å². The minimum absolute atomic E-state index is 0.0929. The fourth-order valence-corrected chi connectivity index (χ4v) is 1.39. The molecule has 5 heteroatoms. The lowest BCUT2D eigenvalue weighted by Crippen LogP contribution is -2.37. The average molecular weight is 246 g/mol. The molecule has 2 N–H and O–H groups in total. The summed E-state index contributed by atoms with van der Waals surface area (Å²) in [5, 5.41) is 11.3. The standard InChI is InChI=1S/C11H13ClFNO2/c1-2-7(6-15)14-11(16)8-4-3-5-9(12)10(8)13/h3-5,7,15H,2,6H2,1H3,(H,14,16). The second-order valence-electron chi connectivity index (χ2n) is 3.36. The highest BCUT2D eigenvalue weighted by Gasteiger charge is 2.16. The number of aliphatic hydroxyl groups excluding tert-OH is 1. The molecule has 0 fully saturated rings. The van der Waals surface area contributed by atoms with Gasteiger partial charge in [0.05, 0.1) is 23.2 Å². The van der Waals surface area contributed by atoms with E-state index in [9.17, 15) is 9.18 Å². The predicted molar refractivity (Wildman–Crippen MR) is 60.0 cm³/mol. The largest absolute Gasteiger partial charge is 0.394 e. The Balaban J connectivity index is 2.84. The van der Waals surface area contributed by atoms with Crippen molar-refractivity contribution in [2.75, 3.05) is 6.61 Å². The normalized spacial score (nSPS) is 12.2. The number of amides is 1. The predicted octanol–water partition coefficient (Wildman–Crippen LogP) is 1.98. The van der Waals surface area contributed by atoms with Gasteiger partial charge in [0, 0.05) is 0 Å². The van der Waals surface area contributed by atoms with E-state index in [2.05, 4.69) is 5.32 Å². The van der Waals surface area contributed by atoms with E-state index in [4.69, 9.17) is 16.7 Å². The third kappa shape index (κ3) is 2.93. The fraction of sp³-hybridized carbons (Fsp3) is 0.364. The minimum Gasteiger partial charge on any atom is -0.394 e. The topological polar surface area (TPSA) is 49.3 Å². The molecule has 1 atom stereocenters. The first-order chi connectivity index (χ1) is 7.60. The highest BCUT2D eigenvalue weighted by molar-refractivity contribution is 6.31. The molecule has 0 spiro atoms. The highest BCUT2D eigenvalue weighted by Crippen LogP contribution is 2.17. The van der Waals surface area contributed by atoms with E-state index in [1.165, 1.54) is 18.2 Å². The van der Waals surface area contributed by atoms with Crippen LogP contribution in [-0.2, 0) is 0 Å². The van der Waals surface area contributed by atoms with Gasteiger partial charge < -0.3 is 10.4 Å². The zero-order chi connectivity index (χ0) is 12.1. The molecule has 3 nitrogen and oxygen atoms in total. The quantitative estimate of drug-likeness (QED) is 0.852. The van der Waals surface area contributed by atoms with Crippen LogP contribution in [0.15, 0.2) is 18.2 Å². The lowest BCUT2D eigenvalue weighted by atomic mass is 10.1. The van der Waals surface area contributed by atoms with E-state index in [0.717, 1.165) is 0 Å². The summed E-state index contributed by atoms with van der Waals surface area (Å²) in [4.78, 5) is 11.6. The van der Waals surface area contributed by atoms with Crippen LogP contribution in [0.3, 0.4) is 0 Å². The molecular weight excluding hydrogens is 233 g/mol. The van der Waals surface area contributed by atoms with Crippen LogP contribution in [0.25, 0.3) is 0 Å². The number of carbonyl (C=O) groups is 1. The Morgan fingerprint density at radius 1 is 1.62 bits per heavy atom. The maximum absolute atomic E-state index is 13.5. The Hall–Kier alpha value is -1.13. The summed E-state index contributed by atoms with van der Waals surface area (Å²) < 4.78 is 13.5. The van der Waals surface area contributed by atoms with Crippen LogP contribution in [0, 0.1) is 5.82 Å². The molecule has 0 aliphatic carbocycles. The Bertz CT molecular complexity index is 380. The SMILES string of the molecule is CCC(CO)NC(=O)c1cccc(Cl)c1F. The summed E-state index contributed by atoms with van der Waals surface area (Å²) in [7, 11) is 0. The Labute approximate surface area is 98.2 Å². The van der Waals surface area contributed by atoms with Crippen molar-refractivity contribution < 1.29 is 14.3 Å². The van der Waals surface area contributed by atoms with Gasteiger partial charge >= 0.3 is 0 Å². The highest BCUT2D eigenvalue weighted by atomic mass is 35.5. The van der Waals surface area contributed by atoms with E-state index in [1.807, 2.05) is 6.92 Å². The number of aliphatic hydroxyl groups is 1. The molecule has 16 heavy (non-hydrogen) atoms. The smallest absolute Gasteiger partial charge is 0.254 e. The molecule has 1 unspecified atom stereocenters.